The highest BCUT2D eigenvalue weighted by atomic mass is 35.5. The molecular weight excluding hydrogens is 452 g/mol. The fraction of sp³-hybridized carbons (Fsp3) is 0.273. The smallest absolute Gasteiger partial charge is 0.282 e. The number of carbonyl (C=O) groups excluding carboxylic acids is 1. The van der Waals surface area contributed by atoms with Crippen LogP contribution in [0.15, 0.2) is 54.9 Å². The molecule has 10 heteroatoms. The lowest BCUT2D eigenvalue weighted by molar-refractivity contribution is -0.118. The van der Waals surface area contributed by atoms with Crippen LogP contribution in [0.5, 0.6) is 0 Å². The Kier molecular flexibility index (Phi) is 6.45. The molecule has 0 aliphatic carbocycles. The number of amides is 1. The summed E-state index contributed by atoms with van der Waals surface area (Å²) >= 11 is 6.19. The molecule has 1 aromatic heterocycles. The van der Waals surface area contributed by atoms with E-state index in [2.05, 4.69) is 10.3 Å². The van der Waals surface area contributed by atoms with Crippen molar-refractivity contribution in [1.29, 1.82) is 0 Å². The number of aliphatic hydroxyl groups is 1. The van der Waals surface area contributed by atoms with E-state index >= 15 is 0 Å². The summed E-state index contributed by atoms with van der Waals surface area (Å²) in [6.45, 7) is -0.266. The second-order valence-electron chi connectivity index (χ2n) is 7.64. The van der Waals surface area contributed by atoms with E-state index in [1.807, 2.05) is 24.3 Å². The Morgan fingerprint density at radius 3 is 2.84 bits per heavy atom. The lowest BCUT2D eigenvalue weighted by Gasteiger charge is -2.35. The summed E-state index contributed by atoms with van der Waals surface area (Å²) in [5.74, 6) is -1.12. The van der Waals surface area contributed by atoms with Crippen molar-refractivity contribution in [3.05, 3.63) is 71.0 Å². The third kappa shape index (κ3) is 4.35. The molecule has 2 aromatic carbocycles. The molecule has 0 saturated heterocycles. The molecule has 32 heavy (non-hydrogen) atoms. The van der Waals surface area contributed by atoms with Gasteiger partial charge in [-0.2, -0.15) is 17.0 Å². The molecule has 0 radical (unpaired) electrons. The Bertz CT molecular complexity index is 1260. The minimum absolute atomic E-state index is 0.0369. The number of rotatable bonds is 6. The van der Waals surface area contributed by atoms with Crippen LogP contribution in [0.4, 0.5) is 5.69 Å². The van der Waals surface area contributed by atoms with Crippen LogP contribution in [0.25, 0.3) is 10.8 Å². The summed E-state index contributed by atoms with van der Waals surface area (Å²) in [6, 6.07) is 12.7. The van der Waals surface area contributed by atoms with Gasteiger partial charge in [-0.05, 0) is 23.3 Å². The molecule has 4 rings (SSSR count). The van der Waals surface area contributed by atoms with Gasteiger partial charge >= 0.3 is 0 Å². The zero-order valence-corrected chi connectivity index (χ0v) is 19.0. The first-order chi connectivity index (χ1) is 15.3. The topological polar surface area (TPSA) is 103 Å². The van der Waals surface area contributed by atoms with E-state index in [-0.39, 0.29) is 32.1 Å². The zero-order valence-electron chi connectivity index (χ0n) is 17.4. The number of halogens is 1. The normalized spacial score (nSPS) is 16.8. The first kappa shape index (κ1) is 22.6. The van der Waals surface area contributed by atoms with Crippen molar-refractivity contribution in [3.63, 3.8) is 0 Å². The van der Waals surface area contributed by atoms with Crippen LogP contribution in [0.2, 0.25) is 5.02 Å². The molecule has 1 atom stereocenters. The van der Waals surface area contributed by atoms with Crippen molar-refractivity contribution in [2.75, 3.05) is 32.1 Å². The maximum atomic E-state index is 13.4. The quantitative estimate of drug-likeness (QED) is 0.571. The predicted molar refractivity (Wildman–Crippen MR) is 124 cm³/mol. The van der Waals surface area contributed by atoms with Crippen molar-refractivity contribution < 1.29 is 18.3 Å². The molecule has 1 amide bonds. The van der Waals surface area contributed by atoms with Gasteiger partial charge < -0.3 is 10.4 Å². The van der Waals surface area contributed by atoms with Crippen LogP contribution in [-0.2, 0) is 21.5 Å². The number of hydrogen-bond acceptors (Lipinski definition) is 5. The number of fused-ring (bicyclic) bond motifs is 2. The largest absolute Gasteiger partial charge is 0.395 e. The average molecular weight is 475 g/mol. The molecule has 0 spiro atoms. The molecule has 0 saturated carbocycles. The standard InChI is InChI=1S/C22H23ClN4O4S/c1-26(8-9-28)32(30,31)27-13-16-6-7-17(23)10-19(16)20(14-27)22(29)25-21-12-24-11-15-4-2-3-5-18(15)21/h2-7,10-12,20,28H,8-9,13-14H2,1H3,(H,25,29)/t20-/m1/s1. The van der Waals surface area contributed by atoms with Crippen molar-refractivity contribution in [3.8, 4) is 0 Å². The van der Waals surface area contributed by atoms with Crippen LogP contribution in [0.3, 0.4) is 0 Å². The van der Waals surface area contributed by atoms with Crippen LogP contribution in [-0.4, -0.2) is 59.8 Å². The van der Waals surface area contributed by atoms with E-state index in [0.29, 0.717) is 21.8 Å². The number of anilines is 1. The number of nitrogens with zero attached hydrogens (tertiary/aromatic N) is 3. The minimum Gasteiger partial charge on any atom is -0.395 e. The number of hydrogen-bond donors (Lipinski definition) is 2. The average Bonchev–Trinajstić information content (AvgIpc) is 2.78. The summed E-state index contributed by atoms with van der Waals surface area (Å²) in [4.78, 5) is 17.6. The summed E-state index contributed by atoms with van der Waals surface area (Å²) in [5.41, 5.74) is 1.95. The van der Waals surface area contributed by atoms with Gasteiger partial charge in [-0.15, -0.1) is 0 Å². The van der Waals surface area contributed by atoms with Crippen molar-refractivity contribution in [2.24, 2.45) is 0 Å². The maximum Gasteiger partial charge on any atom is 0.282 e. The molecule has 0 fully saturated rings. The molecule has 1 aliphatic heterocycles. The summed E-state index contributed by atoms with van der Waals surface area (Å²) in [5, 5.41) is 14.3. The van der Waals surface area contributed by atoms with Gasteiger partial charge in [-0.1, -0.05) is 41.9 Å². The maximum absolute atomic E-state index is 13.4. The van der Waals surface area contributed by atoms with E-state index in [4.69, 9.17) is 16.7 Å². The number of aliphatic hydroxyl groups excluding tert-OH is 1. The van der Waals surface area contributed by atoms with Crippen LogP contribution in [0.1, 0.15) is 17.0 Å². The van der Waals surface area contributed by atoms with Crippen molar-refractivity contribution >= 4 is 44.2 Å². The number of pyridine rings is 1. The minimum atomic E-state index is -3.87. The SMILES string of the molecule is CN(CCO)S(=O)(=O)N1Cc2ccc(Cl)cc2[C@H](C(=O)Nc2cncc3ccccc23)C1. The molecule has 168 valence electrons. The lowest BCUT2D eigenvalue weighted by Crippen LogP contribution is -2.48. The van der Waals surface area contributed by atoms with Gasteiger partial charge in [-0.25, -0.2) is 0 Å². The number of likely N-dealkylation sites (N-methyl/N-ethyl adjacent to an activating group) is 1. The van der Waals surface area contributed by atoms with Gasteiger partial charge in [-0.3, -0.25) is 9.78 Å². The summed E-state index contributed by atoms with van der Waals surface area (Å²) < 4.78 is 28.4. The van der Waals surface area contributed by atoms with Crippen LogP contribution >= 0.6 is 11.6 Å². The van der Waals surface area contributed by atoms with E-state index in [0.717, 1.165) is 15.1 Å². The van der Waals surface area contributed by atoms with E-state index < -0.39 is 16.1 Å². The molecular formula is C22H23ClN4O4S. The zero-order chi connectivity index (χ0) is 22.9. The molecule has 3 aromatic rings. The van der Waals surface area contributed by atoms with Gasteiger partial charge in [0.1, 0.15) is 0 Å². The van der Waals surface area contributed by atoms with Crippen molar-refractivity contribution in [2.45, 2.75) is 12.5 Å². The second kappa shape index (κ2) is 9.13. The number of aromatic nitrogens is 1. The Balaban J connectivity index is 1.69. The van der Waals surface area contributed by atoms with Gasteiger partial charge in [0.25, 0.3) is 10.2 Å². The summed E-state index contributed by atoms with van der Waals surface area (Å²) in [6.07, 6.45) is 3.29. The fourth-order valence-corrected chi connectivity index (χ4v) is 5.41. The number of carbonyl (C=O) groups is 1. The lowest BCUT2D eigenvalue weighted by atomic mass is 9.90. The Labute approximate surface area is 191 Å². The highest BCUT2D eigenvalue weighted by molar-refractivity contribution is 7.86. The van der Waals surface area contributed by atoms with Crippen LogP contribution < -0.4 is 5.32 Å². The van der Waals surface area contributed by atoms with E-state index in [9.17, 15) is 13.2 Å². The molecule has 1 aliphatic rings. The van der Waals surface area contributed by atoms with E-state index in [1.165, 1.54) is 11.4 Å². The van der Waals surface area contributed by atoms with Gasteiger partial charge in [0.05, 0.1) is 24.4 Å². The second-order valence-corrected chi connectivity index (χ2v) is 10.1. The van der Waals surface area contributed by atoms with Crippen LogP contribution in [0, 0.1) is 0 Å². The fourth-order valence-electron chi connectivity index (χ4n) is 3.88. The van der Waals surface area contributed by atoms with Gasteiger partial charge in [0.15, 0.2) is 0 Å². The Morgan fingerprint density at radius 1 is 1.28 bits per heavy atom. The third-order valence-electron chi connectivity index (χ3n) is 5.59. The monoisotopic (exact) mass is 474 g/mol. The van der Waals surface area contributed by atoms with Gasteiger partial charge in [0, 0.05) is 48.7 Å². The molecule has 0 unspecified atom stereocenters. The summed E-state index contributed by atoms with van der Waals surface area (Å²) in [7, 11) is -2.47. The molecule has 2 N–H and O–H groups in total. The van der Waals surface area contributed by atoms with Crippen molar-refractivity contribution in [1.82, 2.24) is 13.6 Å². The number of benzene rings is 2. The first-order valence-corrected chi connectivity index (χ1v) is 11.8. The Hall–Kier alpha value is -2.56. The van der Waals surface area contributed by atoms with E-state index in [1.54, 1.807) is 30.6 Å². The Morgan fingerprint density at radius 2 is 2.06 bits per heavy atom. The molecule has 2 heterocycles. The molecule has 0 bridgehead atoms. The third-order valence-corrected chi connectivity index (χ3v) is 7.73. The highest BCUT2D eigenvalue weighted by Gasteiger charge is 2.37. The predicted octanol–water partition coefficient (Wildman–Crippen LogP) is 2.60. The van der Waals surface area contributed by atoms with Gasteiger partial charge in [0.2, 0.25) is 5.91 Å². The molecule has 8 nitrogen and oxygen atoms in total. The highest BCUT2D eigenvalue weighted by Crippen LogP contribution is 2.34. The first-order valence-electron chi connectivity index (χ1n) is 10.1. The number of nitrogens with one attached hydrogen (secondary N) is 1.